The summed E-state index contributed by atoms with van der Waals surface area (Å²) < 4.78 is 33.4. The highest BCUT2D eigenvalue weighted by Crippen LogP contribution is 2.32. The number of benzene rings is 2. The Morgan fingerprint density at radius 1 is 1.24 bits per heavy atom. The van der Waals surface area contributed by atoms with E-state index in [-0.39, 0.29) is 22.3 Å². The number of nitrogens with zero attached hydrogens (tertiary/aromatic N) is 1. The Morgan fingerprint density at radius 2 is 2.00 bits per heavy atom. The predicted molar refractivity (Wildman–Crippen MR) is 114 cm³/mol. The Bertz CT molecular complexity index is 1020. The van der Waals surface area contributed by atoms with Crippen LogP contribution in [0.2, 0.25) is 5.02 Å². The number of ether oxygens (including phenoxy) is 1. The molecule has 0 bridgehead atoms. The molecule has 0 saturated carbocycles. The van der Waals surface area contributed by atoms with Crippen LogP contribution in [0.5, 0.6) is 5.75 Å². The number of carbonyl (C=O) groups is 1. The maximum Gasteiger partial charge on any atom is 0.255 e. The van der Waals surface area contributed by atoms with E-state index in [4.69, 9.17) is 16.3 Å². The molecule has 1 aliphatic rings. The summed E-state index contributed by atoms with van der Waals surface area (Å²) in [5.74, 6) is -0.195. The molecular formula is C21H25ClN2O4S. The fraction of sp³-hybridized carbons (Fsp3) is 0.381. The molecule has 1 aliphatic heterocycles. The highest BCUT2D eigenvalue weighted by Gasteiger charge is 2.33. The van der Waals surface area contributed by atoms with Gasteiger partial charge in [0.05, 0.1) is 7.11 Å². The summed E-state index contributed by atoms with van der Waals surface area (Å²) in [6.07, 6.45) is 2.64. The lowest BCUT2D eigenvalue weighted by molar-refractivity contribution is 0.102. The number of hydrogen-bond acceptors (Lipinski definition) is 4. The maximum atomic E-state index is 13.3. The van der Waals surface area contributed by atoms with Gasteiger partial charge in [0.25, 0.3) is 5.91 Å². The van der Waals surface area contributed by atoms with Gasteiger partial charge in [-0.15, -0.1) is 0 Å². The van der Waals surface area contributed by atoms with Crippen molar-refractivity contribution in [3.63, 3.8) is 0 Å². The lowest BCUT2D eigenvalue weighted by Gasteiger charge is -2.32. The van der Waals surface area contributed by atoms with Gasteiger partial charge in [0.2, 0.25) is 10.0 Å². The minimum absolute atomic E-state index is 0.00390. The van der Waals surface area contributed by atoms with Crippen LogP contribution in [0.4, 0.5) is 5.69 Å². The second-order valence-corrected chi connectivity index (χ2v) is 9.46. The average Bonchev–Trinajstić information content (AvgIpc) is 2.71. The normalized spacial score (nSPS) is 17.7. The van der Waals surface area contributed by atoms with E-state index in [9.17, 15) is 13.2 Å². The molecule has 3 rings (SSSR count). The zero-order chi connectivity index (χ0) is 21.2. The number of nitrogens with one attached hydrogen (secondary N) is 1. The number of amides is 1. The van der Waals surface area contributed by atoms with Gasteiger partial charge in [-0.2, -0.15) is 4.31 Å². The summed E-state index contributed by atoms with van der Waals surface area (Å²) in [5.41, 5.74) is 1.55. The van der Waals surface area contributed by atoms with Gasteiger partial charge in [0, 0.05) is 28.9 Å². The van der Waals surface area contributed by atoms with Crippen molar-refractivity contribution in [1.29, 1.82) is 0 Å². The van der Waals surface area contributed by atoms with Crippen molar-refractivity contribution in [1.82, 2.24) is 4.31 Å². The van der Waals surface area contributed by atoms with Crippen LogP contribution in [0.3, 0.4) is 0 Å². The van der Waals surface area contributed by atoms with Gasteiger partial charge in [-0.3, -0.25) is 4.79 Å². The third kappa shape index (κ3) is 4.42. The van der Waals surface area contributed by atoms with Gasteiger partial charge < -0.3 is 10.1 Å². The van der Waals surface area contributed by atoms with Gasteiger partial charge in [-0.25, -0.2) is 8.42 Å². The maximum absolute atomic E-state index is 13.3. The van der Waals surface area contributed by atoms with Crippen molar-refractivity contribution in [2.45, 2.75) is 44.0 Å². The first-order valence-corrected chi connectivity index (χ1v) is 11.3. The number of hydrogen-bond donors (Lipinski definition) is 1. The van der Waals surface area contributed by atoms with Crippen molar-refractivity contribution in [3.05, 3.63) is 52.5 Å². The molecule has 1 saturated heterocycles. The fourth-order valence-corrected chi connectivity index (χ4v) is 5.57. The summed E-state index contributed by atoms with van der Waals surface area (Å²) >= 11 is 6.11. The van der Waals surface area contributed by atoms with Crippen LogP contribution in [-0.4, -0.2) is 38.3 Å². The second-order valence-electron chi connectivity index (χ2n) is 7.19. The molecule has 1 heterocycles. The van der Waals surface area contributed by atoms with Gasteiger partial charge in [0.1, 0.15) is 10.6 Å². The molecule has 0 aromatic heterocycles. The lowest BCUT2D eigenvalue weighted by Crippen LogP contribution is -2.42. The summed E-state index contributed by atoms with van der Waals surface area (Å²) in [6.45, 7) is 4.17. The van der Waals surface area contributed by atoms with E-state index >= 15 is 0 Å². The van der Waals surface area contributed by atoms with Crippen LogP contribution in [0.25, 0.3) is 0 Å². The Morgan fingerprint density at radius 3 is 2.69 bits per heavy atom. The number of sulfonamides is 1. The van der Waals surface area contributed by atoms with Crippen LogP contribution in [0.1, 0.15) is 42.1 Å². The first-order chi connectivity index (χ1) is 13.8. The first kappa shape index (κ1) is 21.6. The Balaban J connectivity index is 1.96. The largest absolute Gasteiger partial charge is 0.495 e. The van der Waals surface area contributed by atoms with Crippen LogP contribution < -0.4 is 10.1 Å². The van der Waals surface area contributed by atoms with Gasteiger partial charge in [-0.05, 0) is 62.6 Å². The van der Waals surface area contributed by atoms with E-state index in [1.165, 1.54) is 23.5 Å². The van der Waals surface area contributed by atoms with Crippen LogP contribution in [-0.2, 0) is 10.0 Å². The standard InChI is InChI=1S/C21H25ClN2O4S/c1-14-7-4-5-12-24(14)29(26,27)20-13-16(10-11-19(20)28-3)21(25)23-18-9-6-8-17(22)15(18)2/h6,8-11,13-14H,4-5,7,12H2,1-3H3,(H,23,25). The summed E-state index contributed by atoms with van der Waals surface area (Å²) in [6, 6.07) is 9.58. The van der Waals surface area contributed by atoms with Crippen molar-refractivity contribution in [3.8, 4) is 5.75 Å². The Kier molecular flexibility index (Phi) is 6.51. The number of carbonyl (C=O) groups excluding carboxylic acids is 1. The number of halogens is 1. The number of rotatable bonds is 5. The molecule has 0 spiro atoms. The van der Waals surface area contributed by atoms with E-state index < -0.39 is 15.9 Å². The van der Waals surface area contributed by atoms with Gasteiger partial charge >= 0.3 is 0 Å². The van der Waals surface area contributed by atoms with Crippen molar-refractivity contribution in [2.24, 2.45) is 0 Å². The van der Waals surface area contributed by atoms with Crippen molar-refractivity contribution >= 4 is 33.2 Å². The molecule has 2 aromatic rings. The third-order valence-electron chi connectivity index (χ3n) is 5.27. The Hall–Kier alpha value is -2.09. The number of methoxy groups -OCH3 is 1. The third-order valence-corrected chi connectivity index (χ3v) is 7.71. The smallest absolute Gasteiger partial charge is 0.255 e. The SMILES string of the molecule is COc1ccc(C(=O)Nc2cccc(Cl)c2C)cc1S(=O)(=O)N1CCCCC1C. The van der Waals surface area contributed by atoms with Crippen molar-refractivity contribution in [2.75, 3.05) is 19.0 Å². The minimum atomic E-state index is -3.79. The molecule has 2 aromatic carbocycles. The predicted octanol–water partition coefficient (Wildman–Crippen LogP) is 4.47. The molecule has 8 heteroatoms. The molecule has 1 atom stereocenters. The summed E-state index contributed by atoms with van der Waals surface area (Å²) in [4.78, 5) is 12.8. The quantitative estimate of drug-likeness (QED) is 0.750. The zero-order valence-corrected chi connectivity index (χ0v) is 18.3. The van der Waals surface area contributed by atoms with Crippen molar-refractivity contribution < 1.29 is 17.9 Å². The lowest BCUT2D eigenvalue weighted by atomic mass is 10.1. The number of piperidine rings is 1. The molecule has 6 nitrogen and oxygen atoms in total. The highest BCUT2D eigenvalue weighted by molar-refractivity contribution is 7.89. The molecule has 1 N–H and O–H groups in total. The van der Waals surface area contributed by atoms with E-state index in [0.29, 0.717) is 17.3 Å². The van der Waals surface area contributed by atoms with E-state index in [1.807, 2.05) is 6.92 Å². The average molecular weight is 437 g/mol. The zero-order valence-electron chi connectivity index (χ0n) is 16.7. The van der Waals surface area contributed by atoms with E-state index in [0.717, 1.165) is 24.8 Å². The van der Waals surface area contributed by atoms with Gasteiger partial charge in [-0.1, -0.05) is 24.1 Å². The first-order valence-electron chi connectivity index (χ1n) is 9.52. The molecule has 156 valence electrons. The Labute approximate surface area is 176 Å². The molecule has 1 unspecified atom stereocenters. The van der Waals surface area contributed by atoms with Crippen LogP contribution in [0.15, 0.2) is 41.3 Å². The molecule has 0 radical (unpaired) electrons. The fourth-order valence-electron chi connectivity index (χ4n) is 3.51. The van der Waals surface area contributed by atoms with E-state index in [1.54, 1.807) is 31.2 Å². The molecular weight excluding hydrogens is 412 g/mol. The molecule has 1 amide bonds. The van der Waals surface area contributed by atoms with Crippen LogP contribution >= 0.6 is 11.6 Å². The molecule has 29 heavy (non-hydrogen) atoms. The van der Waals surface area contributed by atoms with Gasteiger partial charge in [0.15, 0.2) is 0 Å². The highest BCUT2D eigenvalue weighted by atomic mass is 35.5. The summed E-state index contributed by atoms with van der Waals surface area (Å²) in [5, 5.41) is 3.34. The molecule has 0 aliphatic carbocycles. The number of anilines is 1. The minimum Gasteiger partial charge on any atom is -0.495 e. The second kappa shape index (κ2) is 8.73. The topological polar surface area (TPSA) is 75.7 Å². The monoisotopic (exact) mass is 436 g/mol. The summed E-state index contributed by atoms with van der Waals surface area (Å²) in [7, 11) is -2.37. The van der Waals surface area contributed by atoms with Crippen LogP contribution in [0, 0.1) is 6.92 Å². The van der Waals surface area contributed by atoms with E-state index in [2.05, 4.69) is 5.32 Å². The molecule has 1 fully saturated rings.